The van der Waals surface area contributed by atoms with Gasteiger partial charge >= 0.3 is 0 Å². The van der Waals surface area contributed by atoms with Crippen LogP contribution in [0.25, 0.3) is 0 Å². The maximum atomic E-state index is 13.4. The number of anilines is 1. The van der Waals surface area contributed by atoms with Crippen molar-refractivity contribution in [1.29, 1.82) is 0 Å². The maximum Gasteiger partial charge on any atom is 0.181 e. The zero-order chi connectivity index (χ0) is 14.6. The molecule has 0 fully saturated rings. The molecule has 0 aliphatic carbocycles. The normalized spacial score (nSPS) is 11.3. The topological polar surface area (TPSA) is 46.2 Å². The van der Waals surface area contributed by atoms with Crippen molar-refractivity contribution in [3.05, 3.63) is 59.4 Å². The van der Waals surface area contributed by atoms with Gasteiger partial charge in [-0.05, 0) is 24.3 Å². The Morgan fingerprint density at radius 3 is 2.40 bits per heavy atom. The minimum atomic E-state index is -3.49. The first kappa shape index (κ1) is 14.8. The van der Waals surface area contributed by atoms with Gasteiger partial charge in [0.2, 0.25) is 0 Å². The van der Waals surface area contributed by atoms with Crippen molar-refractivity contribution in [2.45, 2.75) is 4.90 Å². The molecule has 2 rings (SSSR count). The quantitative estimate of drug-likeness (QED) is 0.920. The Bertz CT molecular complexity index is 704. The Morgan fingerprint density at radius 2 is 1.70 bits per heavy atom. The summed E-state index contributed by atoms with van der Waals surface area (Å²) >= 11 is 5.87. The first-order chi connectivity index (χ1) is 9.50. The van der Waals surface area contributed by atoms with Gasteiger partial charge < -0.3 is 5.32 Å². The van der Waals surface area contributed by atoms with Crippen LogP contribution in [0.4, 0.5) is 10.1 Å². The molecule has 106 valence electrons. The highest BCUT2D eigenvalue weighted by Crippen LogP contribution is 2.21. The fourth-order valence-corrected chi connectivity index (χ4v) is 3.46. The van der Waals surface area contributed by atoms with Crippen molar-refractivity contribution in [3.63, 3.8) is 0 Å². The monoisotopic (exact) mass is 313 g/mol. The molecule has 6 heteroatoms. The molecular weight excluding hydrogens is 301 g/mol. The average molecular weight is 314 g/mol. The molecule has 0 spiro atoms. The summed E-state index contributed by atoms with van der Waals surface area (Å²) in [5.41, 5.74) is 0.279. The van der Waals surface area contributed by atoms with E-state index in [1.54, 1.807) is 30.3 Å². The van der Waals surface area contributed by atoms with Crippen LogP contribution < -0.4 is 5.32 Å². The molecule has 0 amide bonds. The summed E-state index contributed by atoms with van der Waals surface area (Å²) in [6.07, 6.45) is 0. The predicted octanol–water partition coefficient (Wildman–Crippen LogP) is 3.36. The van der Waals surface area contributed by atoms with Gasteiger partial charge in [0.25, 0.3) is 0 Å². The van der Waals surface area contributed by atoms with Gasteiger partial charge in [-0.25, -0.2) is 12.8 Å². The van der Waals surface area contributed by atoms with Crippen LogP contribution in [-0.2, 0) is 9.84 Å². The molecular formula is C14H13ClFNO2S. The summed E-state index contributed by atoms with van der Waals surface area (Å²) < 4.78 is 37.6. The highest BCUT2D eigenvalue weighted by molar-refractivity contribution is 7.91. The molecule has 2 aromatic rings. The molecule has 0 atom stereocenters. The molecule has 0 radical (unpaired) electrons. The minimum absolute atomic E-state index is 0.0944. The molecule has 0 aliphatic heterocycles. The van der Waals surface area contributed by atoms with Gasteiger partial charge in [0.1, 0.15) is 5.82 Å². The fourth-order valence-electron chi connectivity index (χ4n) is 1.73. The molecule has 0 saturated heterocycles. The van der Waals surface area contributed by atoms with Crippen molar-refractivity contribution in [2.24, 2.45) is 0 Å². The van der Waals surface area contributed by atoms with Crippen molar-refractivity contribution >= 4 is 27.1 Å². The molecule has 0 aliphatic rings. The van der Waals surface area contributed by atoms with Crippen LogP contribution in [0, 0.1) is 5.82 Å². The van der Waals surface area contributed by atoms with Gasteiger partial charge in [0.05, 0.1) is 21.4 Å². The largest absolute Gasteiger partial charge is 0.382 e. The van der Waals surface area contributed by atoms with E-state index in [1.165, 1.54) is 18.2 Å². The zero-order valence-corrected chi connectivity index (χ0v) is 12.1. The van der Waals surface area contributed by atoms with Crippen LogP contribution in [0.3, 0.4) is 0 Å². The van der Waals surface area contributed by atoms with Gasteiger partial charge in [0.15, 0.2) is 9.84 Å². The second-order valence-corrected chi connectivity index (χ2v) is 6.64. The third-order valence-corrected chi connectivity index (χ3v) is 4.94. The van der Waals surface area contributed by atoms with E-state index in [-0.39, 0.29) is 27.9 Å². The smallest absolute Gasteiger partial charge is 0.181 e. The lowest BCUT2D eigenvalue weighted by atomic mass is 10.3. The number of nitrogens with one attached hydrogen (secondary N) is 1. The lowest BCUT2D eigenvalue weighted by molar-refractivity contribution is 0.596. The lowest BCUT2D eigenvalue weighted by Gasteiger charge is -2.09. The number of hydrogen-bond donors (Lipinski definition) is 1. The van der Waals surface area contributed by atoms with Crippen LogP contribution in [0.1, 0.15) is 0 Å². The Balaban J connectivity index is 2.04. The molecule has 0 aromatic heterocycles. The lowest BCUT2D eigenvalue weighted by Crippen LogP contribution is -2.16. The number of halogens is 2. The minimum Gasteiger partial charge on any atom is -0.382 e. The summed E-state index contributed by atoms with van der Waals surface area (Å²) in [6.45, 7) is 0.106. The van der Waals surface area contributed by atoms with E-state index in [2.05, 4.69) is 5.32 Å². The molecule has 0 saturated carbocycles. The Kier molecular flexibility index (Phi) is 4.62. The third kappa shape index (κ3) is 3.49. The second-order valence-electron chi connectivity index (χ2n) is 4.16. The zero-order valence-electron chi connectivity index (χ0n) is 10.5. The standard InChI is InChI=1S/C14H13ClFNO2S/c15-11-5-1-4-8-14(11)20(18,19)10-9-17-13-7-3-2-6-12(13)16/h1-8,17H,9-10H2. The van der Waals surface area contributed by atoms with Gasteiger partial charge in [-0.1, -0.05) is 35.9 Å². The number of rotatable bonds is 5. The van der Waals surface area contributed by atoms with Crippen molar-refractivity contribution in [3.8, 4) is 0 Å². The van der Waals surface area contributed by atoms with E-state index in [0.29, 0.717) is 0 Å². The average Bonchev–Trinajstić information content (AvgIpc) is 2.41. The van der Waals surface area contributed by atoms with Gasteiger partial charge in [-0.15, -0.1) is 0 Å². The van der Waals surface area contributed by atoms with E-state index in [1.807, 2.05) is 0 Å². The highest BCUT2D eigenvalue weighted by Gasteiger charge is 2.17. The SMILES string of the molecule is O=S(=O)(CCNc1ccccc1F)c1ccccc1Cl. The molecule has 0 unspecified atom stereocenters. The Morgan fingerprint density at radius 1 is 1.05 bits per heavy atom. The fraction of sp³-hybridized carbons (Fsp3) is 0.143. The van der Waals surface area contributed by atoms with E-state index < -0.39 is 15.7 Å². The first-order valence-corrected chi connectivity index (χ1v) is 7.99. The molecule has 1 N–H and O–H groups in total. The number of benzene rings is 2. The van der Waals surface area contributed by atoms with Crippen molar-refractivity contribution < 1.29 is 12.8 Å². The molecule has 0 bridgehead atoms. The summed E-state index contributed by atoms with van der Waals surface area (Å²) in [4.78, 5) is 0.0944. The van der Waals surface area contributed by atoms with Gasteiger partial charge in [-0.2, -0.15) is 0 Å². The highest BCUT2D eigenvalue weighted by atomic mass is 35.5. The van der Waals surface area contributed by atoms with E-state index in [4.69, 9.17) is 11.6 Å². The number of hydrogen-bond acceptors (Lipinski definition) is 3. The summed E-state index contributed by atoms with van der Waals surface area (Å²) in [6, 6.07) is 12.4. The predicted molar refractivity (Wildman–Crippen MR) is 78.4 cm³/mol. The molecule has 20 heavy (non-hydrogen) atoms. The van der Waals surface area contributed by atoms with E-state index in [9.17, 15) is 12.8 Å². The van der Waals surface area contributed by atoms with Crippen LogP contribution in [0.5, 0.6) is 0 Å². The molecule has 3 nitrogen and oxygen atoms in total. The first-order valence-electron chi connectivity index (χ1n) is 5.96. The number of sulfone groups is 1. The second kappa shape index (κ2) is 6.24. The van der Waals surface area contributed by atoms with Crippen molar-refractivity contribution in [1.82, 2.24) is 0 Å². The van der Waals surface area contributed by atoms with Crippen LogP contribution in [0.2, 0.25) is 5.02 Å². The van der Waals surface area contributed by atoms with Crippen LogP contribution in [0.15, 0.2) is 53.4 Å². The Labute approximate surface area is 122 Å². The molecule has 2 aromatic carbocycles. The summed E-state index contributed by atoms with van der Waals surface area (Å²) in [5, 5.41) is 2.95. The van der Waals surface area contributed by atoms with Gasteiger partial charge in [0, 0.05) is 6.54 Å². The summed E-state index contributed by atoms with van der Waals surface area (Å²) in [7, 11) is -3.49. The third-order valence-electron chi connectivity index (χ3n) is 2.73. The van der Waals surface area contributed by atoms with Crippen molar-refractivity contribution in [2.75, 3.05) is 17.6 Å². The number of para-hydroxylation sites is 1. The van der Waals surface area contributed by atoms with E-state index in [0.717, 1.165) is 0 Å². The van der Waals surface area contributed by atoms with Crippen LogP contribution >= 0.6 is 11.6 Å². The molecule has 0 heterocycles. The summed E-state index contributed by atoms with van der Waals surface area (Å²) in [5.74, 6) is -0.576. The van der Waals surface area contributed by atoms with E-state index >= 15 is 0 Å². The Hall–Kier alpha value is -1.59. The maximum absolute atomic E-state index is 13.4. The van der Waals surface area contributed by atoms with Gasteiger partial charge in [-0.3, -0.25) is 0 Å². The van der Waals surface area contributed by atoms with Crippen LogP contribution in [-0.4, -0.2) is 20.7 Å².